The molecule has 2 unspecified atom stereocenters. The lowest BCUT2D eigenvalue weighted by atomic mass is 10.0. The van der Waals surface area contributed by atoms with Crippen LogP contribution in [0.1, 0.15) is 32.6 Å². The highest BCUT2D eigenvalue weighted by Gasteiger charge is 2.35. The second-order valence-corrected chi connectivity index (χ2v) is 7.28. The van der Waals surface area contributed by atoms with E-state index in [2.05, 4.69) is 17.1 Å². The van der Waals surface area contributed by atoms with E-state index in [1.807, 2.05) is 24.3 Å². The number of rotatable bonds is 6. The second kappa shape index (κ2) is 8.54. The SMILES string of the molecule is COc1ccc(N2CC(C(=O)NCCN3CCCCC3C)CC2=O)cc1. The molecule has 142 valence electrons. The lowest BCUT2D eigenvalue weighted by molar-refractivity contribution is -0.126. The monoisotopic (exact) mass is 359 g/mol. The summed E-state index contributed by atoms with van der Waals surface area (Å²) in [7, 11) is 1.61. The zero-order chi connectivity index (χ0) is 18.5. The first-order valence-corrected chi connectivity index (χ1v) is 9.54. The average molecular weight is 359 g/mol. The van der Waals surface area contributed by atoms with Crippen LogP contribution in [-0.4, -0.2) is 56.0 Å². The molecule has 2 fully saturated rings. The number of benzene rings is 1. The minimum atomic E-state index is -0.275. The normalized spacial score (nSPS) is 23.9. The molecule has 26 heavy (non-hydrogen) atoms. The smallest absolute Gasteiger partial charge is 0.227 e. The van der Waals surface area contributed by atoms with Gasteiger partial charge in [0.2, 0.25) is 11.8 Å². The maximum absolute atomic E-state index is 12.5. The molecule has 0 aliphatic carbocycles. The Balaban J connectivity index is 1.48. The Hall–Kier alpha value is -2.08. The Morgan fingerprint density at radius 2 is 2.04 bits per heavy atom. The van der Waals surface area contributed by atoms with Gasteiger partial charge in [-0.1, -0.05) is 6.42 Å². The van der Waals surface area contributed by atoms with Crippen molar-refractivity contribution in [3.8, 4) is 5.75 Å². The van der Waals surface area contributed by atoms with Crippen LogP contribution in [0.15, 0.2) is 24.3 Å². The molecule has 1 aromatic carbocycles. The lowest BCUT2D eigenvalue weighted by Crippen LogP contribution is -2.43. The first-order valence-electron chi connectivity index (χ1n) is 9.54. The molecule has 3 rings (SSSR count). The van der Waals surface area contributed by atoms with E-state index in [4.69, 9.17) is 4.74 Å². The van der Waals surface area contributed by atoms with Crippen LogP contribution in [0, 0.1) is 5.92 Å². The summed E-state index contributed by atoms with van der Waals surface area (Å²) >= 11 is 0. The van der Waals surface area contributed by atoms with Gasteiger partial charge in [-0.05, 0) is 50.6 Å². The quantitative estimate of drug-likeness (QED) is 0.844. The summed E-state index contributed by atoms with van der Waals surface area (Å²) in [4.78, 5) is 28.9. The number of piperidine rings is 1. The van der Waals surface area contributed by atoms with Gasteiger partial charge in [-0.3, -0.25) is 14.5 Å². The maximum atomic E-state index is 12.5. The third-order valence-electron chi connectivity index (χ3n) is 5.52. The molecule has 0 radical (unpaired) electrons. The molecule has 0 spiro atoms. The van der Waals surface area contributed by atoms with Gasteiger partial charge in [-0.2, -0.15) is 0 Å². The van der Waals surface area contributed by atoms with E-state index in [9.17, 15) is 9.59 Å². The van der Waals surface area contributed by atoms with Crippen molar-refractivity contribution in [1.29, 1.82) is 0 Å². The maximum Gasteiger partial charge on any atom is 0.227 e. The Morgan fingerprint density at radius 3 is 2.73 bits per heavy atom. The number of likely N-dealkylation sites (tertiary alicyclic amines) is 1. The van der Waals surface area contributed by atoms with Gasteiger partial charge in [0, 0.05) is 37.8 Å². The molecule has 2 saturated heterocycles. The number of carbonyl (C=O) groups is 2. The Labute approximate surface area is 155 Å². The molecule has 2 atom stereocenters. The Bertz CT molecular complexity index is 632. The molecule has 0 aromatic heterocycles. The van der Waals surface area contributed by atoms with Crippen LogP contribution < -0.4 is 15.0 Å². The van der Waals surface area contributed by atoms with Gasteiger partial charge in [0.05, 0.1) is 13.0 Å². The van der Waals surface area contributed by atoms with Crippen LogP contribution in [0.25, 0.3) is 0 Å². The second-order valence-electron chi connectivity index (χ2n) is 7.28. The molecule has 1 aromatic rings. The fraction of sp³-hybridized carbons (Fsp3) is 0.600. The molecule has 6 nitrogen and oxygen atoms in total. The molecule has 2 amide bonds. The molecule has 0 bridgehead atoms. The van der Waals surface area contributed by atoms with Gasteiger partial charge >= 0.3 is 0 Å². The van der Waals surface area contributed by atoms with Crippen molar-refractivity contribution < 1.29 is 14.3 Å². The van der Waals surface area contributed by atoms with Crippen molar-refractivity contribution >= 4 is 17.5 Å². The van der Waals surface area contributed by atoms with Crippen molar-refractivity contribution in [2.24, 2.45) is 5.92 Å². The summed E-state index contributed by atoms with van der Waals surface area (Å²) in [5.74, 6) is 0.462. The molecule has 2 heterocycles. The molecule has 2 aliphatic heterocycles. The van der Waals surface area contributed by atoms with Crippen molar-refractivity contribution in [1.82, 2.24) is 10.2 Å². The van der Waals surface area contributed by atoms with Gasteiger partial charge in [-0.15, -0.1) is 0 Å². The third-order valence-corrected chi connectivity index (χ3v) is 5.52. The van der Waals surface area contributed by atoms with Crippen molar-refractivity contribution in [2.45, 2.75) is 38.6 Å². The zero-order valence-corrected chi connectivity index (χ0v) is 15.7. The minimum absolute atomic E-state index is 0.0000282. The number of ether oxygens (including phenoxy) is 1. The average Bonchev–Trinajstić information content (AvgIpc) is 3.05. The fourth-order valence-corrected chi connectivity index (χ4v) is 3.85. The van der Waals surface area contributed by atoms with Crippen molar-refractivity contribution in [3.05, 3.63) is 24.3 Å². The van der Waals surface area contributed by atoms with Crippen LogP contribution in [-0.2, 0) is 9.59 Å². The first kappa shape index (κ1) is 18.7. The number of hydrogen-bond donors (Lipinski definition) is 1. The van der Waals surface area contributed by atoms with Crippen LogP contribution in [0.4, 0.5) is 5.69 Å². The van der Waals surface area contributed by atoms with Crippen LogP contribution in [0.2, 0.25) is 0 Å². The predicted octanol–water partition coefficient (Wildman–Crippen LogP) is 2.04. The number of nitrogens with zero attached hydrogens (tertiary/aromatic N) is 2. The van der Waals surface area contributed by atoms with E-state index >= 15 is 0 Å². The van der Waals surface area contributed by atoms with E-state index in [-0.39, 0.29) is 24.2 Å². The van der Waals surface area contributed by atoms with Gasteiger partial charge < -0.3 is 15.0 Å². The standard InChI is InChI=1S/C20H29N3O3/c1-15-5-3-4-11-22(15)12-10-21-20(25)16-13-19(24)23(14-16)17-6-8-18(26-2)9-7-17/h6-9,15-16H,3-5,10-14H2,1-2H3,(H,21,25). The summed E-state index contributed by atoms with van der Waals surface area (Å²) < 4.78 is 5.15. The van der Waals surface area contributed by atoms with Crippen LogP contribution >= 0.6 is 0 Å². The molecular formula is C20H29N3O3. The number of amides is 2. The predicted molar refractivity (Wildman–Crippen MR) is 101 cm³/mol. The number of methoxy groups -OCH3 is 1. The topological polar surface area (TPSA) is 61.9 Å². The van der Waals surface area contributed by atoms with Crippen LogP contribution in [0.5, 0.6) is 5.75 Å². The Morgan fingerprint density at radius 1 is 1.27 bits per heavy atom. The van der Waals surface area contributed by atoms with Gasteiger partial charge in [-0.25, -0.2) is 0 Å². The fourth-order valence-electron chi connectivity index (χ4n) is 3.85. The summed E-state index contributed by atoms with van der Waals surface area (Å²) in [6.45, 7) is 5.34. The highest BCUT2D eigenvalue weighted by molar-refractivity contribution is 6.00. The zero-order valence-electron chi connectivity index (χ0n) is 15.7. The highest BCUT2D eigenvalue weighted by Crippen LogP contribution is 2.27. The summed E-state index contributed by atoms with van der Waals surface area (Å²) in [5.41, 5.74) is 0.813. The number of anilines is 1. The minimum Gasteiger partial charge on any atom is -0.497 e. The molecule has 2 aliphatic rings. The number of carbonyl (C=O) groups excluding carboxylic acids is 2. The lowest BCUT2D eigenvalue weighted by Gasteiger charge is -2.33. The summed E-state index contributed by atoms with van der Waals surface area (Å²) in [6, 6.07) is 7.97. The Kier molecular flexibility index (Phi) is 6.14. The van der Waals surface area contributed by atoms with Gasteiger partial charge in [0.1, 0.15) is 5.75 Å². The number of hydrogen-bond acceptors (Lipinski definition) is 4. The summed E-state index contributed by atoms with van der Waals surface area (Å²) in [5, 5.41) is 3.02. The van der Waals surface area contributed by atoms with Crippen LogP contribution in [0.3, 0.4) is 0 Å². The summed E-state index contributed by atoms with van der Waals surface area (Å²) in [6.07, 6.45) is 4.06. The van der Waals surface area contributed by atoms with E-state index in [0.29, 0.717) is 19.1 Å². The van der Waals surface area contributed by atoms with E-state index in [1.54, 1.807) is 12.0 Å². The molecule has 6 heteroatoms. The van der Waals surface area contributed by atoms with Gasteiger partial charge in [0.15, 0.2) is 0 Å². The molecule has 0 saturated carbocycles. The highest BCUT2D eigenvalue weighted by atomic mass is 16.5. The largest absolute Gasteiger partial charge is 0.497 e. The van der Waals surface area contributed by atoms with Crippen molar-refractivity contribution in [3.63, 3.8) is 0 Å². The number of nitrogens with one attached hydrogen (secondary N) is 1. The molecular weight excluding hydrogens is 330 g/mol. The molecule has 1 N–H and O–H groups in total. The van der Waals surface area contributed by atoms with E-state index in [1.165, 1.54) is 19.3 Å². The van der Waals surface area contributed by atoms with Gasteiger partial charge in [0.25, 0.3) is 0 Å². The van der Waals surface area contributed by atoms with E-state index in [0.717, 1.165) is 24.5 Å². The third kappa shape index (κ3) is 4.36. The first-order chi connectivity index (χ1) is 12.6. The van der Waals surface area contributed by atoms with E-state index < -0.39 is 0 Å². The van der Waals surface area contributed by atoms with Crippen molar-refractivity contribution in [2.75, 3.05) is 38.2 Å².